The molecule has 1 aliphatic heterocycles. The number of pyridine rings is 1. The van der Waals surface area contributed by atoms with Crippen LogP contribution in [0.5, 0.6) is 0 Å². The van der Waals surface area contributed by atoms with Gasteiger partial charge in [0.05, 0.1) is 6.61 Å². The monoisotopic (exact) mass is 320 g/mol. The summed E-state index contributed by atoms with van der Waals surface area (Å²) >= 11 is 1.72. The lowest BCUT2D eigenvalue weighted by Crippen LogP contribution is -2.35. The van der Waals surface area contributed by atoms with Gasteiger partial charge in [-0.3, -0.25) is 0 Å². The Morgan fingerprint density at radius 3 is 2.62 bits per heavy atom. The van der Waals surface area contributed by atoms with Gasteiger partial charge in [0.2, 0.25) is 0 Å². The van der Waals surface area contributed by atoms with Crippen molar-refractivity contribution in [2.75, 3.05) is 36.1 Å². The molecule has 4 nitrogen and oxygen atoms in total. The van der Waals surface area contributed by atoms with Gasteiger partial charge in [-0.1, -0.05) is 0 Å². The van der Waals surface area contributed by atoms with E-state index in [1.807, 2.05) is 0 Å². The van der Waals surface area contributed by atoms with Crippen molar-refractivity contribution >= 4 is 23.5 Å². The van der Waals surface area contributed by atoms with Gasteiger partial charge in [0, 0.05) is 24.6 Å². The lowest BCUT2D eigenvalue weighted by atomic mass is 10.2. The number of nitrogens with zero attached hydrogens (tertiary/aromatic N) is 2. The molecule has 2 rings (SSSR count). The second-order valence-electron chi connectivity index (χ2n) is 4.39. The number of hydrogen-bond donors (Lipinski definition) is 0. The molecule has 0 aromatic carbocycles. The third-order valence-electron chi connectivity index (χ3n) is 2.97. The topological polar surface area (TPSA) is 42.4 Å². The van der Waals surface area contributed by atoms with Crippen LogP contribution in [-0.2, 0) is 10.9 Å². The Hall–Kier alpha value is -1.44. The van der Waals surface area contributed by atoms with Gasteiger partial charge in [-0.15, -0.1) is 0 Å². The lowest BCUT2D eigenvalue weighted by Gasteiger charge is -2.29. The molecule has 1 aromatic heterocycles. The Bertz CT molecular complexity index is 517. The van der Waals surface area contributed by atoms with Gasteiger partial charge in [-0.2, -0.15) is 24.9 Å². The molecule has 0 amide bonds. The summed E-state index contributed by atoms with van der Waals surface area (Å²) in [5.74, 6) is 0.996. The molecular weight excluding hydrogens is 305 g/mol. The van der Waals surface area contributed by atoms with Gasteiger partial charge >= 0.3 is 12.1 Å². The third-order valence-corrected chi connectivity index (χ3v) is 3.91. The Labute approximate surface area is 124 Å². The van der Waals surface area contributed by atoms with Crippen molar-refractivity contribution in [2.45, 2.75) is 13.1 Å². The number of carbonyl (C=O) groups excluding carboxylic acids is 1. The molecule has 0 aliphatic carbocycles. The van der Waals surface area contributed by atoms with Gasteiger partial charge in [0.1, 0.15) is 17.1 Å². The molecule has 8 heteroatoms. The molecule has 0 radical (unpaired) electrons. The summed E-state index contributed by atoms with van der Waals surface area (Å²) in [5.41, 5.74) is -0.916. The van der Waals surface area contributed by atoms with E-state index in [2.05, 4.69) is 4.98 Å². The van der Waals surface area contributed by atoms with Crippen LogP contribution in [0.25, 0.3) is 0 Å². The summed E-state index contributed by atoms with van der Waals surface area (Å²) in [4.78, 5) is 17.3. The van der Waals surface area contributed by atoms with Crippen molar-refractivity contribution in [1.82, 2.24) is 4.98 Å². The first kappa shape index (κ1) is 15.9. The number of ether oxygens (including phenoxy) is 1. The van der Waals surface area contributed by atoms with Gasteiger partial charge in [-0.25, -0.2) is 9.78 Å². The van der Waals surface area contributed by atoms with E-state index in [0.29, 0.717) is 13.1 Å². The zero-order valence-electron chi connectivity index (χ0n) is 11.4. The first-order chi connectivity index (χ1) is 9.93. The van der Waals surface area contributed by atoms with E-state index in [0.717, 1.165) is 23.6 Å². The Morgan fingerprint density at radius 1 is 1.38 bits per heavy atom. The Kier molecular flexibility index (Phi) is 4.97. The first-order valence-corrected chi connectivity index (χ1v) is 7.67. The number of aromatic nitrogens is 1. The zero-order chi connectivity index (χ0) is 15.5. The van der Waals surface area contributed by atoms with Gasteiger partial charge < -0.3 is 9.64 Å². The van der Waals surface area contributed by atoms with E-state index < -0.39 is 17.8 Å². The zero-order valence-corrected chi connectivity index (χ0v) is 12.3. The van der Waals surface area contributed by atoms with Crippen LogP contribution in [0.3, 0.4) is 0 Å². The minimum atomic E-state index is -4.54. The fourth-order valence-corrected chi connectivity index (χ4v) is 2.89. The van der Waals surface area contributed by atoms with Gasteiger partial charge in [0.15, 0.2) is 0 Å². The number of hydrogen-bond acceptors (Lipinski definition) is 5. The summed E-state index contributed by atoms with van der Waals surface area (Å²) < 4.78 is 43.3. The maximum Gasteiger partial charge on any atom is 0.433 e. The van der Waals surface area contributed by atoms with E-state index in [-0.39, 0.29) is 18.0 Å². The molecule has 1 aromatic rings. The quantitative estimate of drug-likeness (QED) is 0.801. The highest BCUT2D eigenvalue weighted by Crippen LogP contribution is 2.31. The molecule has 2 heterocycles. The first-order valence-electron chi connectivity index (χ1n) is 6.51. The van der Waals surface area contributed by atoms with Crippen LogP contribution in [0.4, 0.5) is 19.0 Å². The van der Waals surface area contributed by atoms with Crippen molar-refractivity contribution in [1.29, 1.82) is 0 Å². The SMILES string of the molecule is CCOC(=O)c1ccc(C(F)(F)F)nc1N1CCSCC1. The molecule has 0 unspecified atom stereocenters. The summed E-state index contributed by atoms with van der Waals surface area (Å²) in [6.07, 6.45) is -4.54. The van der Waals surface area contributed by atoms with Crippen LogP contribution in [0, 0.1) is 0 Å². The van der Waals surface area contributed by atoms with Crippen molar-refractivity contribution in [3.05, 3.63) is 23.4 Å². The molecular formula is C13H15F3N2O2S. The van der Waals surface area contributed by atoms with E-state index in [1.165, 1.54) is 0 Å². The lowest BCUT2D eigenvalue weighted by molar-refractivity contribution is -0.141. The largest absolute Gasteiger partial charge is 0.462 e. The van der Waals surface area contributed by atoms with Crippen LogP contribution in [0.15, 0.2) is 12.1 Å². The molecule has 0 spiro atoms. The smallest absolute Gasteiger partial charge is 0.433 e. The van der Waals surface area contributed by atoms with Gasteiger partial charge in [0.25, 0.3) is 0 Å². The average molecular weight is 320 g/mol. The number of rotatable bonds is 3. The second-order valence-corrected chi connectivity index (χ2v) is 5.61. The number of carbonyl (C=O) groups is 1. The predicted octanol–water partition coefficient (Wildman–Crippen LogP) is 2.83. The molecule has 1 saturated heterocycles. The highest BCUT2D eigenvalue weighted by molar-refractivity contribution is 7.99. The van der Waals surface area contributed by atoms with E-state index in [4.69, 9.17) is 4.74 Å². The van der Waals surface area contributed by atoms with E-state index >= 15 is 0 Å². The maximum atomic E-state index is 12.8. The van der Waals surface area contributed by atoms with Crippen LogP contribution in [0.1, 0.15) is 23.0 Å². The van der Waals surface area contributed by atoms with Crippen molar-refractivity contribution in [3.8, 4) is 0 Å². The minimum absolute atomic E-state index is 0.0589. The molecule has 1 fully saturated rings. The highest BCUT2D eigenvalue weighted by Gasteiger charge is 2.34. The van der Waals surface area contributed by atoms with Crippen molar-refractivity contribution in [2.24, 2.45) is 0 Å². The normalized spacial score (nSPS) is 15.9. The maximum absolute atomic E-state index is 12.8. The molecule has 116 valence electrons. The standard InChI is InChI=1S/C13H15F3N2O2S/c1-2-20-12(19)9-3-4-10(13(14,15)16)17-11(9)18-5-7-21-8-6-18/h3-4H,2,5-8H2,1H3. The number of alkyl halides is 3. The Morgan fingerprint density at radius 2 is 2.05 bits per heavy atom. The number of thioether (sulfide) groups is 1. The number of esters is 1. The summed E-state index contributed by atoms with van der Waals surface area (Å²) in [6.45, 7) is 2.93. The minimum Gasteiger partial charge on any atom is -0.462 e. The fraction of sp³-hybridized carbons (Fsp3) is 0.538. The molecule has 0 bridgehead atoms. The predicted molar refractivity (Wildman–Crippen MR) is 74.7 cm³/mol. The van der Waals surface area contributed by atoms with Crippen molar-refractivity contribution in [3.63, 3.8) is 0 Å². The van der Waals surface area contributed by atoms with Crippen LogP contribution in [0.2, 0.25) is 0 Å². The highest BCUT2D eigenvalue weighted by atomic mass is 32.2. The van der Waals surface area contributed by atoms with E-state index in [1.54, 1.807) is 23.6 Å². The summed E-state index contributed by atoms with van der Waals surface area (Å²) in [6, 6.07) is 1.96. The molecule has 21 heavy (non-hydrogen) atoms. The molecule has 0 saturated carbocycles. The van der Waals surface area contributed by atoms with E-state index in [9.17, 15) is 18.0 Å². The number of halogens is 3. The summed E-state index contributed by atoms with van der Waals surface area (Å²) in [7, 11) is 0. The average Bonchev–Trinajstić information content (AvgIpc) is 2.47. The number of anilines is 1. The van der Waals surface area contributed by atoms with Gasteiger partial charge in [-0.05, 0) is 19.1 Å². The third kappa shape index (κ3) is 3.81. The van der Waals surface area contributed by atoms with Crippen LogP contribution >= 0.6 is 11.8 Å². The summed E-state index contributed by atoms with van der Waals surface area (Å²) in [5, 5.41) is 0. The fourth-order valence-electron chi connectivity index (χ4n) is 1.99. The van der Waals surface area contributed by atoms with Crippen molar-refractivity contribution < 1.29 is 22.7 Å². The van der Waals surface area contributed by atoms with Crippen LogP contribution in [-0.4, -0.2) is 42.2 Å². The Balaban J connectivity index is 2.41. The van der Waals surface area contributed by atoms with Crippen LogP contribution < -0.4 is 4.90 Å². The second kappa shape index (κ2) is 6.55. The molecule has 0 atom stereocenters. The molecule has 1 aliphatic rings. The molecule has 0 N–H and O–H groups in total.